The minimum atomic E-state index is -4.76. The summed E-state index contributed by atoms with van der Waals surface area (Å²) in [5, 5.41) is 16.0. The number of anilines is 2. The van der Waals surface area contributed by atoms with Crippen LogP contribution in [-0.4, -0.2) is 18.0 Å². The van der Waals surface area contributed by atoms with Gasteiger partial charge in [0.2, 0.25) is 0 Å². The molecule has 0 fully saturated rings. The number of para-hydroxylation sites is 2. The smallest absolute Gasteiger partial charge is 0.404 e. The van der Waals surface area contributed by atoms with E-state index in [9.17, 15) is 18.3 Å². The van der Waals surface area contributed by atoms with Gasteiger partial charge in [0.05, 0.1) is 5.69 Å². The fraction of sp³-hybridized carbons (Fsp3) is 0.368. The second-order valence-electron chi connectivity index (χ2n) is 6.33. The standard InChI is InChI=1S/C19H23F3N2O2/c1-13(2)11-12-23-18(25)14-7-9-15(10-8-14)24-16-5-3-4-6-17(16)26-19(20,21)22/h3-10,13,18,23-25H,11-12H2,1-2H3. The Morgan fingerprint density at radius 3 is 2.31 bits per heavy atom. The molecule has 4 nitrogen and oxygen atoms in total. The van der Waals surface area contributed by atoms with E-state index >= 15 is 0 Å². The predicted molar refractivity (Wildman–Crippen MR) is 95.3 cm³/mol. The maximum Gasteiger partial charge on any atom is 0.573 e. The quantitative estimate of drug-likeness (QED) is 0.577. The van der Waals surface area contributed by atoms with Crippen molar-refractivity contribution in [2.75, 3.05) is 11.9 Å². The zero-order valence-electron chi connectivity index (χ0n) is 14.7. The van der Waals surface area contributed by atoms with Crippen molar-refractivity contribution in [1.29, 1.82) is 0 Å². The number of halogens is 3. The average Bonchev–Trinajstić information content (AvgIpc) is 2.55. The Hall–Kier alpha value is -2.25. The van der Waals surface area contributed by atoms with Gasteiger partial charge in [-0.1, -0.05) is 38.1 Å². The molecule has 0 aliphatic heterocycles. The number of nitrogens with one attached hydrogen (secondary N) is 2. The van der Waals surface area contributed by atoms with Gasteiger partial charge in [0, 0.05) is 5.69 Å². The van der Waals surface area contributed by atoms with E-state index in [2.05, 4.69) is 29.2 Å². The lowest BCUT2D eigenvalue weighted by Crippen LogP contribution is -2.22. The first-order chi connectivity index (χ1) is 12.2. The molecule has 0 radical (unpaired) electrons. The number of hydrogen-bond donors (Lipinski definition) is 3. The van der Waals surface area contributed by atoms with Crippen molar-refractivity contribution in [2.24, 2.45) is 5.92 Å². The van der Waals surface area contributed by atoms with E-state index in [4.69, 9.17) is 0 Å². The van der Waals surface area contributed by atoms with Gasteiger partial charge in [-0.15, -0.1) is 13.2 Å². The molecule has 2 aromatic carbocycles. The summed E-state index contributed by atoms with van der Waals surface area (Å²) in [5.41, 5.74) is 1.47. The SMILES string of the molecule is CC(C)CCNC(O)c1ccc(Nc2ccccc2OC(F)(F)F)cc1. The molecule has 26 heavy (non-hydrogen) atoms. The highest BCUT2D eigenvalue weighted by Gasteiger charge is 2.32. The Morgan fingerprint density at radius 2 is 1.69 bits per heavy atom. The average molecular weight is 368 g/mol. The van der Waals surface area contributed by atoms with Crippen LogP contribution >= 0.6 is 0 Å². The van der Waals surface area contributed by atoms with Crippen molar-refractivity contribution in [3.05, 3.63) is 54.1 Å². The molecular weight excluding hydrogens is 345 g/mol. The minimum Gasteiger partial charge on any atom is -0.404 e. The monoisotopic (exact) mass is 368 g/mol. The van der Waals surface area contributed by atoms with Crippen LogP contribution in [0.15, 0.2) is 48.5 Å². The molecule has 0 aliphatic carbocycles. The van der Waals surface area contributed by atoms with E-state index in [1.807, 2.05) is 0 Å². The van der Waals surface area contributed by atoms with Crippen LogP contribution in [0.3, 0.4) is 0 Å². The topological polar surface area (TPSA) is 53.5 Å². The zero-order chi connectivity index (χ0) is 19.2. The summed E-state index contributed by atoms with van der Waals surface area (Å²) in [6.45, 7) is 4.91. The largest absolute Gasteiger partial charge is 0.573 e. The van der Waals surface area contributed by atoms with Crippen molar-refractivity contribution < 1.29 is 23.0 Å². The lowest BCUT2D eigenvalue weighted by atomic mass is 10.1. The predicted octanol–water partition coefficient (Wildman–Crippen LogP) is 4.96. The summed E-state index contributed by atoms with van der Waals surface area (Å²) in [6, 6.07) is 12.6. The first-order valence-electron chi connectivity index (χ1n) is 8.38. The Morgan fingerprint density at radius 1 is 1.04 bits per heavy atom. The summed E-state index contributed by atoms with van der Waals surface area (Å²) in [4.78, 5) is 0. The summed E-state index contributed by atoms with van der Waals surface area (Å²) in [7, 11) is 0. The van der Waals surface area contributed by atoms with Gasteiger partial charge in [0.15, 0.2) is 5.75 Å². The van der Waals surface area contributed by atoms with E-state index in [1.165, 1.54) is 18.2 Å². The molecule has 2 rings (SSSR count). The van der Waals surface area contributed by atoms with Crippen LogP contribution in [-0.2, 0) is 0 Å². The number of aliphatic hydroxyl groups is 1. The van der Waals surface area contributed by atoms with Crippen molar-refractivity contribution in [1.82, 2.24) is 5.32 Å². The van der Waals surface area contributed by atoms with Crippen LogP contribution in [0.1, 0.15) is 32.1 Å². The van der Waals surface area contributed by atoms with Gasteiger partial charge in [-0.05, 0) is 48.7 Å². The zero-order valence-corrected chi connectivity index (χ0v) is 14.7. The molecule has 0 aromatic heterocycles. The van der Waals surface area contributed by atoms with Crippen LogP contribution in [0.25, 0.3) is 0 Å². The molecule has 0 aliphatic rings. The highest BCUT2D eigenvalue weighted by atomic mass is 19.4. The lowest BCUT2D eigenvalue weighted by molar-refractivity contribution is -0.274. The van der Waals surface area contributed by atoms with E-state index in [1.54, 1.807) is 30.3 Å². The van der Waals surface area contributed by atoms with E-state index < -0.39 is 12.6 Å². The lowest BCUT2D eigenvalue weighted by Gasteiger charge is -2.16. The Bertz CT molecular complexity index is 688. The van der Waals surface area contributed by atoms with Crippen molar-refractivity contribution >= 4 is 11.4 Å². The Kier molecular flexibility index (Phi) is 6.88. The molecule has 0 saturated heterocycles. The van der Waals surface area contributed by atoms with Crippen molar-refractivity contribution in [3.63, 3.8) is 0 Å². The van der Waals surface area contributed by atoms with Gasteiger partial charge in [-0.2, -0.15) is 0 Å². The van der Waals surface area contributed by atoms with Gasteiger partial charge in [-0.3, -0.25) is 5.32 Å². The van der Waals surface area contributed by atoms with E-state index in [0.29, 0.717) is 23.7 Å². The second-order valence-corrected chi connectivity index (χ2v) is 6.33. The molecule has 0 heterocycles. The van der Waals surface area contributed by atoms with E-state index in [-0.39, 0.29) is 11.4 Å². The maximum atomic E-state index is 12.5. The summed E-state index contributed by atoms with van der Waals surface area (Å²) in [6.07, 6.45) is -4.59. The molecular formula is C19H23F3N2O2. The Labute approximate surface area is 151 Å². The van der Waals surface area contributed by atoms with Gasteiger partial charge >= 0.3 is 6.36 Å². The molecule has 3 N–H and O–H groups in total. The van der Waals surface area contributed by atoms with Crippen molar-refractivity contribution in [2.45, 2.75) is 32.9 Å². The van der Waals surface area contributed by atoms with Crippen LogP contribution < -0.4 is 15.4 Å². The van der Waals surface area contributed by atoms with Gasteiger partial charge < -0.3 is 15.2 Å². The van der Waals surface area contributed by atoms with Crippen LogP contribution in [0.4, 0.5) is 24.5 Å². The van der Waals surface area contributed by atoms with E-state index in [0.717, 1.165) is 6.42 Å². The fourth-order valence-corrected chi connectivity index (χ4v) is 2.31. The molecule has 1 unspecified atom stereocenters. The van der Waals surface area contributed by atoms with Gasteiger partial charge in [0.25, 0.3) is 0 Å². The maximum absolute atomic E-state index is 12.5. The molecule has 0 spiro atoms. The van der Waals surface area contributed by atoms with Gasteiger partial charge in [0.1, 0.15) is 6.23 Å². The number of aliphatic hydroxyl groups excluding tert-OH is 1. The third-order valence-corrected chi connectivity index (χ3v) is 3.68. The summed E-state index contributed by atoms with van der Waals surface area (Å²) >= 11 is 0. The summed E-state index contributed by atoms with van der Waals surface area (Å²) in [5.74, 6) is 0.236. The second kappa shape index (κ2) is 8.91. The Balaban J connectivity index is 2.01. The third-order valence-electron chi connectivity index (χ3n) is 3.68. The third kappa shape index (κ3) is 6.57. The fourth-order valence-electron chi connectivity index (χ4n) is 2.31. The van der Waals surface area contributed by atoms with Crippen molar-refractivity contribution in [3.8, 4) is 5.75 Å². The molecule has 2 aromatic rings. The molecule has 0 bridgehead atoms. The number of alkyl halides is 3. The summed E-state index contributed by atoms with van der Waals surface area (Å²) < 4.78 is 41.4. The number of rotatable bonds is 8. The minimum absolute atomic E-state index is 0.202. The molecule has 7 heteroatoms. The number of ether oxygens (including phenoxy) is 1. The van der Waals surface area contributed by atoms with Crippen LogP contribution in [0, 0.1) is 5.92 Å². The van der Waals surface area contributed by atoms with Crippen LogP contribution in [0.2, 0.25) is 0 Å². The first kappa shape index (κ1) is 20.1. The molecule has 142 valence electrons. The number of benzene rings is 2. The highest BCUT2D eigenvalue weighted by molar-refractivity contribution is 5.66. The normalized spacial score (nSPS) is 12.9. The van der Waals surface area contributed by atoms with Gasteiger partial charge in [-0.25, -0.2) is 0 Å². The first-order valence-corrected chi connectivity index (χ1v) is 8.38. The highest BCUT2D eigenvalue weighted by Crippen LogP contribution is 2.32. The molecule has 0 saturated carbocycles. The molecule has 1 atom stereocenters. The molecule has 0 amide bonds. The van der Waals surface area contributed by atoms with Crippen LogP contribution in [0.5, 0.6) is 5.75 Å². The number of hydrogen-bond acceptors (Lipinski definition) is 4.